The van der Waals surface area contributed by atoms with Gasteiger partial charge in [0.05, 0.1) is 0 Å². The fourth-order valence-corrected chi connectivity index (χ4v) is 4.26. The third-order valence-electron chi connectivity index (χ3n) is 0.393. The largest absolute Gasteiger partial charge is 0.293 e. The Bertz CT molecular complexity index is 154. The quantitative estimate of drug-likeness (QED) is 0.596. The Balaban J connectivity index is 4.07. The van der Waals surface area contributed by atoms with Crippen molar-refractivity contribution < 1.29 is 13.4 Å². The molecule has 0 bridgehead atoms. The van der Waals surface area contributed by atoms with E-state index >= 15 is 0 Å². The van der Waals surface area contributed by atoms with Crippen LogP contribution in [0.1, 0.15) is 0 Å². The van der Waals surface area contributed by atoms with Crippen LogP contribution >= 0.6 is 14.7 Å². The van der Waals surface area contributed by atoms with Crippen LogP contribution in [0.2, 0.25) is 0 Å². The third-order valence-corrected chi connectivity index (χ3v) is 3.54. The summed E-state index contributed by atoms with van der Waals surface area (Å²) in [4.78, 5) is 0. The first-order chi connectivity index (χ1) is 3.71. The molecule has 0 rings (SSSR count). The van der Waals surface area contributed by atoms with E-state index in [1.807, 2.05) is 0 Å². The minimum Gasteiger partial charge on any atom is -0.293 e. The van der Waals surface area contributed by atoms with Gasteiger partial charge >= 0.3 is 0 Å². The number of hydrogen-bond acceptors (Lipinski definition) is 3. The van der Waals surface area contributed by atoms with Crippen molar-refractivity contribution in [3.63, 3.8) is 0 Å². The molecule has 0 amide bonds. The van der Waals surface area contributed by atoms with Crippen LogP contribution in [-0.4, -0.2) is 26.7 Å². The van der Waals surface area contributed by atoms with Crippen molar-refractivity contribution in [1.82, 2.24) is 0 Å². The minimum atomic E-state index is -2.55. The lowest BCUT2D eigenvalue weighted by Gasteiger charge is -2.10. The maximum atomic E-state index is 10.8. The highest BCUT2D eigenvalue weighted by molar-refractivity contribution is 7.70. The van der Waals surface area contributed by atoms with Crippen LogP contribution in [0.3, 0.4) is 0 Å². The average molecular weight is 170 g/mol. The topological polar surface area (TPSA) is 43.4 Å². The van der Waals surface area contributed by atoms with Crippen LogP contribution in [0.15, 0.2) is 0 Å². The summed E-state index contributed by atoms with van der Waals surface area (Å²) in [5.41, 5.74) is 0. The Hall–Kier alpha value is 0.420. The van der Waals surface area contributed by atoms with Gasteiger partial charge in [0, 0.05) is 26.7 Å². The first-order valence-electron chi connectivity index (χ1n) is 2.52. The van der Waals surface area contributed by atoms with Crippen LogP contribution in [0.25, 0.3) is 0 Å². The van der Waals surface area contributed by atoms with Crippen LogP contribution in [0.5, 0.6) is 0 Å². The molecule has 0 fully saturated rings. The summed E-state index contributed by atoms with van der Waals surface area (Å²) < 4.78 is 26.4. The lowest BCUT2D eigenvalue weighted by Crippen LogP contribution is -1.81. The van der Waals surface area contributed by atoms with Crippen LogP contribution in [-0.2, 0) is 13.4 Å². The van der Waals surface area contributed by atoms with E-state index in [2.05, 4.69) is 0 Å². The lowest BCUT2D eigenvalue weighted by atomic mass is 11.9. The molecule has 0 aromatic heterocycles. The molecule has 0 aromatic carbocycles. The molecule has 0 saturated heterocycles. The van der Waals surface area contributed by atoms with Gasteiger partial charge in [-0.1, -0.05) is 0 Å². The van der Waals surface area contributed by atoms with Crippen molar-refractivity contribution in [3.05, 3.63) is 0 Å². The van der Waals surface area contributed by atoms with Gasteiger partial charge in [-0.3, -0.25) is 13.4 Å². The summed E-state index contributed by atoms with van der Waals surface area (Å²) in [6.45, 7) is 5.80. The molecule has 0 heterocycles. The Kier molecular flexibility index (Phi) is 2.69. The molecule has 9 heavy (non-hydrogen) atoms. The van der Waals surface area contributed by atoms with Gasteiger partial charge in [0.1, 0.15) is 0 Å². The van der Waals surface area contributed by atoms with E-state index in [-0.39, 0.29) is 0 Å². The molecule has 0 aliphatic carbocycles. The van der Waals surface area contributed by atoms with E-state index in [1.165, 1.54) is 26.7 Å². The molecule has 56 valence electrons. The van der Waals surface area contributed by atoms with Gasteiger partial charge in [0.15, 0.2) is 0 Å². The monoisotopic (exact) mass is 170 g/mol. The Labute approximate surface area is 55.7 Å². The number of hydrogen-bond donors (Lipinski definition) is 0. The smallest absolute Gasteiger partial charge is 0.202 e. The van der Waals surface area contributed by atoms with Crippen LogP contribution in [0, 0.1) is 0 Å². The molecule has 0 atom stereocenters. The van der Waals surface area contributed by atoms with E-state index in [0.717, 1.165) is 0 Å². The van der Waals surface area contributed by atoms with Gasteiger partial charge in [-0.2, -0.15) is 0 Å². The van der Waals surface area contributed by atoms with Crippen LogP contribution in [0.4, 0.5) is 0 Å². The van der Waals surface area contributed by atoms with Crippen molar-refractivity contribution in [2.75, 3.05) is 26.7 Å². The second-order valence-corrected chi connectivity index (χ2v) is 8.25. The zero-order valence-corrected chi connectivity index (χ0v) is 7.91. The van der Waals surface area contributed by atoms with E-state index in [0.29, 0.717) is 0 Å². The predicted octanol–water partition coefficient (Wildman–Crippen LogP) is 2.08. The summed E-state index contributed by atoms with van der Waals surface area (Å²) >= 11 is 0. The van der Waals surface area contributed by atoms with E-state index in [9.17, 15) is 9.13 Å². The maximum absolute atomic E-state index is 10.8. The maximum Gasteiger partial charge on any atom is 0.202 e. The van der Waals surface area contributed by atoms with E-state index < -0.39 is 14.7 Å². The zero-order chi connectivity index (χ0) is 7.71. The highest BCUT2D eigenvalue weighted by Crippen LogP contribution is 2.55. The van der Waals surface area contributed by atoms with Gasteiger partial charge < -0.3 is 0 Å². The SMILES string of the molecule is CP(C)(=O)OP(C)(C)=O. The second kappa shape index (κ2) is 2.57. The molecular weight excluding hydrogens is 158 g/mol. The standard InChI is InChI=1S/C4H12O3P2/c1-8(2,5)7-9(3,4)6/h1-4H3. The van der Waals surface area contributed by atoms with Crippen molar-refractivity contribution in [2.24, 2.45) is 0 Å². The number of rotatable bonds is 2. The Morgan fingerprint density at radius 3 is 1.11 bits per heavy atom. The molecule has 0 N–H and O–H groups in total. The first-order valence-corrected chi connectivity index (χ1v) is 7.56. The highest BCUT2D eigenvalue weighted by atomic mass is 31.2. The molecule has 0 aliphatic heterocycles. The summed E-state index contributed by atoms with van der Waals surface area (Å²) in [5.74, 6) is 0. The van der Waals surface area contributed by atoms with E-state index in [1.54, 1.807) is 0 Å². The van der Waals surface area contributed by atoms with Crippen molar-refractivity contribution >= 4 is 14.7 Å². The van der Waals surface area contributed by atoms with Crippen molar-refractivity contribution in [3.8, 4) is 0 Å². The highest BCUT2D eigenvalue weighted by Gasteiger charge is 2.16. The minimum absolute atomic E-state index is 1.45. The van der Waals surface area contributed by atoms with Crippen molar-refractivity contribution in [2.45, 2.75) is 0 Å². The normalized spacial score (nSPS) is 13.8. The summed E-state index contributed by atoms with van der Waals surface area (Å²) in [5, 5.41) is 0. The van der Waals surface area contributed by atoms with Gasteiger partial charge in [0.25, 0.3) is 0 Å². The molecule has 0 aliphatic rings. The molecule has 0 spiro atoms. The third kappa shape index (κ3) is 8.42. The summed E-state index contributed by atoms with van der Waals surface area (Å²) in [7, 11) is -5.10. The molecule has 0 saturated carbocycles. The average Bonchev–Trinajstić information content (AvgIpc) is 1.14. The lowest BCUT2D eigenvalue weighted by molar-refractivity contribution is 0.473. The zero-order valence-electron chi connectivity index (χ0n) is 6.12. The fourth-order valence-electron chi connectivity index (χ4n) is 0.474. The summed E-state index contributed by atoms with van der Waals surface area (Å²) in [6.07, 6.45) is 0. The Morgan fingerprint density at radius 1 is 0.889 bits per heavy atom. The van der Waals surface area contributed by atoms with E-state index in [4.69, 9.17) is 4.31 Å². The predicted molar refractivity (Wildman–Crippen MR) is 40.0 cm³/mol. The van der Waals surface area contributed by atoms with Crippen molar-refractivity contribution in [1.29, 1.82) is 0 Å². The second-order valence-electron chi connectivity index (χ2n) is 2.59. The Morgan fingerprint density at radius 2 is 1.11 bits per heavy atom. The molecule has 0 unspecified atom stereocenters. The first kappa shape index (κ1) is 9.42. The molecular formula is C4H12O3P2. The van der Waals surface area contributed by atoms with Gasteiger partial charge in [-0.15, -0.1) is 0 Å². The van der Waals surface area contributed by atoms with Gasteiger partial charge in [0.2, 0.25) is 14.7 Å². The molecule has 0 aromatic rings. The van der Waals surface area contributed by atoms with Crippen LogP contribution < -0.4 is 0 Å². The van der Waals surface area contributed by atoms with Gasteiger partial charge in [-0.05, 0) is 0 Å². The fraction of sp³-hybridized carbons (Fsp3) is 1.00. The van der Waals surface area contributed by atoms with Gasteiger partial charge in [-0.25, -0.2) is 0 Å². The summed E-state index contributed by atoms with van der Waals surface area (Å²) in [6, 6.07) is 0. The molecule has 3 nitrogen and oxygen atoms in total. The molecule has 5 heteroatoms. The molecule has 0 radical (unpaired) electrons.